The molecule has 0 radical (unpaired) electrons. The van der Waals surface area contributed by atoms with Gasteiger partial charge in [0.15, 0.2) is 0 Å². The van der Waals surface area contributed by atoms with Gasteiger partial charge in [0, 0.05) is 31.1 Å². The molecule has 2 heterocycles. The Morgan fingerprint density at radius 1 is 1.07 bits per heavy atom. The van der Waals surface area contributed by atoms with Crippen LogP contribution in [-0.2, 0) is 14.3 Å². The predicted octanol–water partition coefficient (Wildman–Crippen LogP) is 2.52. The number of ether oxygens (including phenoxy) is 1. The van der Waals surface area contributed by atoms with Crippen molar-refractivity contribution in [2.75, 3.05) is 30.3 Å². The van der Waals surface area contributed by atoms with Crippen molar-refractivity contribution in [2.45, 2.75) is 38.2 Å². The first-order valence-corrected chi connectivity index (χ1v) is 9.80. The van der Waals surface area contributed by atoms with Crippen molar-refractivity contribution in [1.82, 2.24) is 4.90 Å². The van der Waals surface area contributed by atoms with Crippen LogP contribution in [-0.4, -0.2) is 53.7 Å². The molecule has 8 heteroatoms. The number of rotatable bonds is 4. The Balaban J connectivity index is 1.34. The second kappa shape index (κ2) is 7.43. The topological polar surface area (TPSA) is 108 Å². The number of carbonyl (C=O) groups is 3. The average Bonchev–Trinajstić information content (AvgIpc) is 3.39. The minimum Gasteiger partial charge on any atom is -0.481 e. The highest BCUT2D eigenvalue weighted by Gasteiger charge is 2.55. The molecule has 150 valence electrons. The van der Waals surface area contributed by atoms with Crippen LogP contribution in [0.1, 0.15) is 32.1 Å². The molecule has 0 aromatic heterocycles. The van der Waals surface area contributed by atoms with Crippen LogP contribution in [0.25, 0.3) is 0 Å². The van der Waals surface area contributed by atoms with E-state index in [4.69, 9.17) is 4.74 Å². The van der Waals surface area contributed by atoms with Gasteiger partial charge >= 0.3 is 12.0 Å². The minimum absolute atomic E-state index is 0.0335. The van der Waals surface area contributed by atoms with Gasteiger partial charge in [-0.25, -0.2) is 4.79 Å². The number of carboxylic acids is 1. The Kier molecular flexibility index (Phi) is 4.97. The zero-order valence-corrected chi connectivity index (χ0v) is 15.6. The van der Waals surface area contributed by atoms with Gasteiger partial charge in [0.2, 0.25) is 0 Å². The van der Waals surface area contributed by atoms with Gasteiger partial charge in [0.05, 0.1) is 5.41 Å². The molecular weight excluding hydrogens is 362 g/mol. The number of benzene rings is 1. The molecule has 1 saturated carbocycles. The number of hydrogen-bond acceptors (Lipinski definition) is 4. The van der Waals surface area contributed by atoms with E-state index in [0.29, 0.717) is 30.9 Å². The minimum atomic E-state index is -0.795. The Hall–Kier alpha value is -2.61. The SMILES string of the molecule is O=C(Nc1ccc(NC(=O)N2C[C@@H]3CCC[C@@]3(C(=O)O)C2)cc1)C1CCCO1. The molecule has 3 amide bonds. The van der Waals surface area contributed by atoms with Gasteiger partial charge in [-0.1, -0.05) is 6.42 Å². The summed E-state index contributed by atoms with van der Waals surface area (Å²) < 4.78 is 5.36. The highest BCUT2D eigenvalue weighted by molar-refractivity contribution is 5.95. The van der Waals surface area contributed by atoms with Crippen LogP contribution in [0.4, 0.5) is 16.2 Å². The molecule has 1 unspecified atom stereocenters. The molecule has 3 fully saturated rings. The van der Waals surface area contributed by atoms with Crippen LogP contribution in [0.15, 0.2) is 24.3 Å². The molecule has 3 aliphatic rings. The summed E-state index contributed by atoms with van der Waals surface area (Å²) in [5, 5.41) is 15.3. The number of aliphatic carboxylic acids is 1. The first kappa shape index (κ1) is 18.7. The average molecular weight is 387 g/mol. The fourth-order valence-corrected chi connectivity index (χ4v) is 4.64. The molecule has 2 aliphatic heterocycles. The number of carbonyl (C=O) groups excluding carboxylic acids is 2. The van der Waals surface area contributed by atoms with Crippen LogP contribution in [0, 0.1) is 11.3 Å². The first-order valence-electron chi connectivity index (χ1n) is 9.80. The van der Waals surface area contributed by atoms with E-state index in [0.717, 1.165) is 25.7 Å². The highest BCUT2D eigenvalue weighted by Crippen LogP contribution is 2.48. The summed E-state index contributed by atoms with van der Waals surface area (Å²) in [7, 11) is 0. The number of amides is 3. The molecular formula is C20H25N3O5. The molecule has 1 aromatic carbocycles. The lowest BCUT2D eigenvalue weighted by Crippen LogP contribution is -2.38. The monoisotopic (exact) mass is 387 g/mol. The largest absolute Gasteiger partial charge is 0.481 e. The van der Waals surface area contributed by atoms with Crippen molar-refractivity contribution in [2.24, 2.45) is 11.3 Å². The second-order valence-electron chi connectivity index (χ2n) is 7.93. The summed E-state index contributed by atoms with van der Waals surface area (Å²) in [6.45, 7) is 1.35. The third-order valence-corrected chi connectivity index (χ3v) is 6.21. The molecule has 2 saturated heterocycles. The van der Waals surface area contributed by atoms with Gasteiger partial charge < -0.3 is 25.4 Å². The number of fused-ring (bicyclic) bond motifs is 1. The van der Waals surface area contributed by atoms with Crippen molar-refractivity contribution < 1.29 is 24.2 Å². The Morgan fingerprint density at radius 2 is 1.79 bits per heavy atom. The van der Waals surface area contributed by atoms with Crippen molar-refractivity contribution in [1.29, 1.82) is 0 Å². The summed E-state index contributed by atoms with van der Waals surface area (Å²) in [6, 6.07) is 6.59. The molecule has 28 heavy (non-hydrogen) atoms. The van der Waals surface area contributed by atoms with E-state index in [1.807, 2.05) is 0 Å². The van der Waals surface area contributed by atoms with E-state index in [-0.39, 0.29) is 24.4 Å². The number of hydrogen-bond donors (Lipinski definition) is 3. The van der Waals surface area contributed by atoms with Gasteiger partial charge in [-0.05, 0) is 55.9 Å². The highest BCUT2D eigenvalue weighted by atomic mass is 16.5. The summed E-state index contributed by atoms with van der Waals surface area (Å²) in [4.78, 5) is 38.0. The zero-order chi connectivity index (χ0) is 19.7. The summed E-state index contributed by atoms with van der Waals surface area (Å²) in [5.41, 5.74) is 0.453. The Labute approximate surface area is 163 Å². The number of anilines is 2. The van der Waals surface area contributed by atoms with Crippen LogP contribution >= 0.6 is 0 Å². The number of nitrogens with zero attached hydrogens (tertiary/aromatic N) is 1. The van der Waals surface area contributed by atoms with Crippen LogP contribution in [0.3, 0.4) is 0 Å². The van der Waals surface area contributed by atoms with Crippen LogP contribution in [0.2, 0.25) is 0 Å². The number of carboxylic acid groups (broad SMARTS) is 1. The zero-order valence-electron chi connectivity index (χ0n) is 15.6. The Bertz CT molecular complexity index is 775. The number of urea groups is 1. The molecule has 0 bridgehead atoms. The normalized spacial score (nSPS) is 28.8. The standard InChI is InChI=1S/C20H25N3O5/c24-17(16-4-2-10-28-16)21-14-5-7-15(8-6-14)22-19(27)23-11-13-3-1-9-20(13,12-23)18(25)26/h5-8,13,16H,1-4,9-12H2,(H,21,24)(H,22,27)(H,25,26)/t13-,16?,20+/m0/s1. The smallest absolute Gasteiger partial charge is 0.321 e. The lowest BCUT2D eigenvalue weighted by Gasteiger charge is -2.23. The van der Waals surface area contributed by atoms with Gasteiger partial charge in [-0.3, -0.25) is 9.59 Å². The lowest BCUT2D eigenvalue weighted by atomic mass is 9.81. The summed E-state index contributed by atoms with van der Waals surface area (Å²) >= 11 is 0. The van der Waals surface area contributed by atoms with Crippen LogP contribution in [0.5, 0.6) is 0 Å². The fraction of sp³-hybridized carbons (Fsp3) is 0.550. The van der Waals surface area contributed by atoms with E-state index in [9.17, 15) is 19.5 Å². The second-order valence-corrected chi connectivity index (χ2v) is 7.93. The maximum Gasteiger partial charge on any atom is 0.321 e. The third kappa shape index (κ3) is 3.44. The third-order valence-electron chi connectivity index (χ3n) is 6.21. The van der Waals surface area contributed by atoms with Gasteiger partial charge in [-0.15, -0.1) is 0 Å². The van der Waals surface area contributed by atoms with E-state index < -0.39 is 17.5 Å². The quantitative estimate of drug-likeness (QED) is 0.736. The molecule has 3 atom stereocenters. The predicted molar refractivity (Wildman–Crippen MR) is 102 cm³/mol. The van der Waals surface area contributed by atoms with Gasteiger partial charge in [-0.2, -0.15) is 0 Å². The van der Waals surface area contributed by atoms with Crippen LogP contribution < -0.4 is 10.6 Å². The molecule has 8 nitrogen and oxygen atoms in total. The van der Waals surface area contributed by atoms with Gasteiger partial charge in [0.1, 0.15) is 6.10 Å². The lowest BCUT2D eigenvalue weighted by molar-refractivity contribution is -0.149. The fourth-order valence-electron chi connectivity index (χ4n) is 4.64. The van der Waals surface area contributed by atoms with Crippen molar-refractivity contribution >= 4 is 29.3 Å². The molecule has 3 N–H and O–H groups in total. The van der Waals surface area contributed by atoms with E-state index in [2.05, 4.69) is 10.6 Å². The van der Waals surface area contributed by atoms with Crippen molar-refractivity contribution in [3.05, 3.63) is 24.3 Å². The summed E-state index contributed by atoms with van der Waals surface area (Å²) in [6.07, 6.45) is 3.63. The van der Waals surface area contributed by atoms with Crippen molar-refractivity contribution in [3.63, 3.8) is 0 Å². The van der Waals surface area contributed by atoms with Gasteiger partial charge in [0.25, 0.3) is 5.91 Å². The van der Waals surface area contributed by atoms with E-state index in [1.165, 1.54) is 0 Å². The first-order chi connectivity index (χ1) is 13.5. The van der Waals surface area contributed by atoms with E-state index in [1.54, 1.807) is 29.2 Å². The summed E-state index contributed by atoms with van der Waals surface area (Å²) in [5.74, 6) is -0.917. The maximum absolute atomic E-state index is 12.6. The number of nitrogens with one attached hydrogen (secondary N) is 2. The maximum atomic E-state index is 12.6. The molecule has 0 spiro atoms. The molecule has 4 rings (SSSR count). The Morgan fingerprint density at radius 3 is 2.39 bits per heavy atom. The van der Waals surface area contributed by atoms with Crippen molar-refractivity contribution in [3.8, 4) is 0 Å². The van der Waals surface area contributed by atoms with E-state index >= 15 is 0 Å². The number of likely N-dealkylation sites (tertiary alicyclic amines) is 1. The molecule has 1 aliphatic carbocycles. The molecule has 1 aromatic rings.